The van der Waals surface area contributed by atoms with Crippen molar-refractivity contribution in [2.24, 2.45) is 0 Å². The van der Waals surface area contributed by atoms with Crippen molar-refractivity contribution in [3.8, 4) is 0 Å². The number of hydrogen-bond donors (Lipinski definition) is 2. The van der Waals surface area contributed by atoms with Gasteiger partial charge < -0.3 is 16.0 Å². The summed E-state index contributed by atoms with van der Waals surface area (Å²) in [6.45, 7) is 4.42. The number of nitrogens with zero attached hydrogens (tertiary/aromatic N) is 2. The van der Waals surface area contributed by atoms with Crippen LogP contribution < -0.4 is 11.1 Å². The first-order valence-electron chi connectivity index (χ1n) is 8.86. The van der Waals surface area contributed by atoms with Gasteiger partial charge in [0.25, 0.3) is 0 Å². The van der Waals surface area contributed by atoms with Crippen LogP contribution in [0, 0.1) is 13.8 Å². The van der Waals surface area contributed by atoms with E-state index in [1.54, 1.807) is 17.9 Å². The van der Waals surface area contributed by atoms with Crippen molar-refractivity contribution in [3.63, 3.8) is 0 Å². The number of aromatic nitrogens is 1. The van der Waals surface area contributed by atoms with Gasteiger partial charge in [0.2, 0.25) is 0 Å². The number of carbonyl (C=O) groups is 2. The van der Waals surface area contributed by atoms with E-state index in [1.165, 1.54) is 6.20 Å². The van der Waals surface area contributed by atoms with Gasteiger partial charge in [-0.3, -0.25) is 9.59 Å². The SMILES string of the molecule is Cc1cccc([C@@H]2CCCCN2C(=O)C(=O)Nc2cnc(N)c(C)c2)c1. The molecule has 1 fully saturated rings. The number of nitrogens with two attached hydrogens (primary N) is 1. The van der Waals surface area contributed by atoms with E-state index in [0.717, 1.165) is 36.0 Å². The number of pyridine rings is 1. The minimum Gasteiger partial charge on any atom is -0.383 e. The van der Waals surface area contributed by atoms with E-state index in [0.29, 0.717) is 18.1 Å². The molecule has 3 N–H and O–H groups in total. The van der Waals surface area contributed by atoms with Gasteiger partial charge in [0, 0.05) is 6.54 Å². The van der Waals surface area contributed by atoms with Crippen molar-refractivity contribution >= 4 is 23.3 Å². The number of likely N-dealkylation sites (tertiary alicyclic amines) is 1. The smallest absolute Gasteiger partial charge is 0.313 e. The van der Waals surface area contributed by atoms with Gasteiger partial charge in [0.15, 0.2) is 0 Å². The number of piperidine rings is 1. The van der Waals surface area contributed by atoms with Crippen molar-refractivity contribution < 1.29 is 9.59 Å². The zero-order chi connectivity index (χ0) is 18.7. The fourth-order valence-electron chi connectivity index (χ4n) is 3.37. The molecule has 0 bridgehead atoms. The molecule has 2 amide bonds. The zero-order valence-corrected chi connectivity index (χ0v) is 15.2. The second kappa shape index (κ2) is 7.56. The van der Waals surface area contributed by atoms with Crippen molar-refractivity contribution in [1.29, 1.82) is 0 Å². The standard InChI is InChI=1S/C20H24N4O2/c1-13-6-5-7-15(10-13)17-8-3-4-9-24(17)20(26)19(25)23-16-11-14(2)18(21)22-12-16/h5-7,10-12,17H,3-4,8-9H2,1-2H3,(H2,21,22)(H,23,25)/t17-/m0/s1. The molecule has 3 rings (SSSR count). The number of rotatable bonds is 2. The van der Waals surface area contributed by atoms with E-state index in [-0.39, 0.29) is 6.04 Å². The molecule has 0 saturated carbocycles. The number of anilines is 2. The minimum absolute atomic E-state index is 0.0619. The van der Waals surface area contributed by atoms with Crippen LogP contribution in [0.3, 0.4) is 0 Å². The lowest BCUT2D eigenvalue weighted by Crippen LogP contribution is -2.44. The summed E-state index contributed by atoms with van der Waals surface area (Å²) >= 11 is 0. The van der Waals surface area contributed by atoms with E-state index in [9.17, 15) is 9.59 Å². The lowest BCUT2D eigenvalue weighted by Gasteiger charge is -2.35. The Hall–Kier alpha value is -2.89. The normalized spacial score (nSPS) is 17.0. The van der Waals surface area contributed by atoms with Crippen LogP contribution in [0.2, 0.25) is 0 Å². The topological polar surface area (TPSA) is 88.3 Å². The number of hydrogen-bond acceptors (Lipinski definition) is 4. The van der Waals surface area contributed by atoms with Crippen molar-refractivity contribution in [2.45, 2.75) is 39.2 Å². The molecular weight excluding hydrogens is 328 g/mol. The molecule has 0 radical (unpaired) electrons. The molecule has 1 aromatic carbocycles. The monoisotopic (exact) mass is 352 g/mol. The summed E-state index contributed by atoms with van der Waals surface area (Å²) in [6.07, 6.45) is 4.28. The molecule has 1 saturated heterocycles. The third-order valence-electron chi connectivity index (χ3n) is 4.76. The molecule has 1 aliphatic heterocycles. The quantitative estimate of drug-likeness (QED) is 0.813. The highest BCUT2D eigenvalue weighted by Gasteiger charge is 2.31. The molecule has 1 aliphatic rings. The predicted octanol–water partition coefficient (Wildman–Crippen LogP) is 2.97. The van der Waals surface area contributed by atoms with Crippen molar-refractivity contribution in [2.75, 3.05) is 17.6 Å². The second-order valence-corrected chi connectivity index (χ2v) is 6.80. The third-order valence-corrected chi connectivity index (χ3v) is 4.76. The second-order valence-electron chi connectivity index (χ2n) is 6.80. The minimum atomic E-state index is -0.643. The number of nitrogens with one attached hydrogen (secondary N) is 1. The number of amides is 2. The van der Waals surface area contributed by atoms with Crippen LogP contribution in [-0.2, 0) is 9.59 Å². The molecule has 6 nitrogen and oxygen atoms in total. The van der Waals surface area contributed by atoms with Gasteiger partial charge in [-0.25, -0.2) is 4.98 Å². The summed E-state index contributed by atoms with van der Waals surface area (Å²) in [5.74, 6) is -0.744. The highest BCUT2D eigenvalue weighted by atomic mass is 16.2. The Kier molecular flexibility index (Phi) is 5.21. The first-order chi connectivity index (χ1) is 12.5. The van der Waals surface area contributed by atoms with Crippen LogP contribution in [0.4, 0.5) is 11.5 Å². The van der Waals surface area contributed by atoms with Crippen LogP contribution in [0.25, 0.3) is 0 Å². The van der Waals surface area contributed by atoms with Crippen LogP contribution >= 0.6 is 0 Å². The Balaban J connectivity index is 1.77. The number of nitrogen functional groups attached to an aromatic ring is 1. The van der Waals surface area contributed by atoms with E-state index in [4.69, 9.17) is 5.73 Å². The van der Waals surface area contributed by atoms with Crippen LogP contribution in [-0.4, -0.2) is 28.2 Å². The van der Waals surface area contributed by atoms with Gasteiger partial charge >= 0.3 is 11.8 Å². The molecule has 1 atom stereocenters. The maximum absolute atomic E-state index is 12.8. The summed E-state index contributed by atoms with van der Waals surface area (Å²) in [4.78, 5) is 31.0. The van der Waals surface area contributed by atoms with E-state index in [1.807, 2.05) is 25.1 Å². The van der Waals surface area contributed by atoms with Crippen LogP contribution in [0.5, 0.6) is 0 Å². The maximum Gasteiger partial charge on any atom is 0.313 e. The lowest BCUT2D eigenvalue weighted by molar-refractivity contribution is -0.145. The molecule has 0 spiro atoms. The molecule has 0 aliphatic carbocycles. The molecule has 2 heterocycles. The van der Waals surface area contributed by atoms with E-state index < -0.39 is 11.8 Å². The first kappa shape index (κ1) is 17.9. The van der Waals surface area contributed by atoms with Gasteiger partial charge in [-0.05, 0) is 50.3 Å². The number of aryl methyl sites for hydroxylation is 2. The molecule has 0 unspecified atom stereocenters. The fraction of sp³-hybridized carbons (Fsp3) is 0.350. The van der Waals surface area contributed by atoms with Gasteiger partial charge in [0.05, 0.1) is 17.9 Å². The summed E-state index contributed by atoms with van der Waals surface area (Å²) in [5.41, 5.74) is 9.15. The Labute approximate surface area is 153 Å². The Morgan fingerprint density at radius 3 is 2.77 bits per heavy atom. The zero-order valence-electron chi connectivity index (χ0n) is 15.2. The largest absolute Gasteiger partial charge is 0.383 e. The van der Waals surface area contributed by atoms with Crippen LogP contribution in [0.15, 0.2) is 36.5 Å². The molecule has 1 aromatic heterocycles. The molecule has 136 valence electrons. The highest BCUT2D eigenvalue weighted by Crippen LogP contribution is 2.31. The average Bonchev–Trinajstić information content (AvgIpc) is 2.64. The Bertz CT molecular complexity index is 834. The number of carbonyl (C=O) groups excluding carboxylic acids is 2. The predicted molar refractivity (Wildman–Crippen MR) is 102 cm³/mol. The van der Waals surface area contributed by atoms with Crippen molar-refractivity contribution in [1.82, 2.24) is 9.88 Å². The summed E-state index contributed by atoms with van der Waals surface area (Å²) in [7, 11) is 0. The number of benzene rings is 1. The van der Waals surface area contributed by atoms with E-state index >= 15 is 0 Å². The lowest BCUT2D eigenvalue weighted by atomic mass is 9.94. The highest BCUT2D eigenvalue weighted by molar-refractivity contribution is 6.39. The van der Waals surface area contributed by atoms with Gasteiger partial charge in [-0.2, -0.15) is 0 Å². The summed E-state index contributed by atoms with van der Waals surface area (Å²) in [6, 6.07) is 9.78. The average molecular weight is 352 g/mol. The Morgan fingerprint density at radius 2 is 2.04 bits per heavy atom. The van der Waals surface area contributed by atoms with Crippen LogP contribution in [0.1, 0.15) is 42.0 Å². The van der Waals surface area contributed by atoms with Crippen molar-refractivity contribution in [3.05, 3.63) is 53.2 Å². The summed E-state index contributed by atoms with van der Waals surface area (Å²) < 4.78 is 0. The van der Waals surface area contributed by atoms with E-state index in [2.05, 4.69) is 16.4 Å². The van der Waals surface area contributed by atoms with Gasteiger partial charge in [-0.15, -0.1) is 0 Å². The summed E-state index contributed by atoms with van der Waals surface area (Å²) in [5, 5.41) is 2.64. The molecular formula is C20H24N4O2. The van der Waals surface area contributed by atoms with Gasteiger partial charge in [-0.1, -0.05) is 29.8 Å². The maximum atomic E-state index is 12.8. The fourth-order valence-corrected chi connectivity index (χ4v) is 3.37. The molecule has 6 heteroatoms. The first-order valence-corrected chi connectivity index (χ1v) is 8.86. The third kappa shape index (κ3) is 3.85. The molecule has 26 heavy (non-hydrogen) atoms. The molecule has 2 aromatic rings. The van der Waals surface area contributed by atoms with Gasteiger partial charge in [0.1, 0.15) is 5.82 Å². The Morgan fingerprint density at radius 1 is 1.23 bits per heavy atom.